The Hall–Kier alpha value is 0.380. The van der Waals surface area contributed by atoms with Gasteiger partial charge in [-0.1, -0.05) is 62.1 Å². The summed E-state index contributed by atoms with van der Waals surface area (Å²) >= 11 is 1.70. The molecule has 0 aromatic heterocycles. The van der Waals surface area contributed by atoms with Gasteiger partial charge in [-0.15, -0.1) is 0 Å². The zero-order chi connectivity index (χ0) is 13.7. The first kappa shape index (κ1) is 17.4. The smallest absolute Gasteiger partial charge is 0.196 e. The average molecular weight is 372 g/mol. The molecule has 6 heteroatoms. The van der Waals surface area contributed by atoms with E-state index in [0.717, 1.165) is 26.2 Å². The summed E-state index contributed by atoms with van der Waals surface area (Å²) in [6.45, 7) is 2.99. The van der Waals surface area contributed by atoms with Crippen molar-refractivity contribution < 1.29 is 22.0 Å². The molecule has 0 saturated heterocycles. The molecule has 17 heavy (non-hydrogen) atoms. The SMILES string of the molecule is CCCCCCC(I)C(C)C(F)(F)C(F)(F)F. The fourth-order valence-electron chi connectivity index (χ4n) is 1.50. The number of rotatable bonds is 7. The number of unbranched alkanes of at least 4 members (excludes halogenated alkanes) is 3. The summed E-state index contributed by atoms with van der Waals surface area (Å²) in [7, 11) is 0. The standard InChI is InChI=1S/C11H18F5I/c1-3-4-5-6-7-9(17)8(2)10(12,13)11(14,15)16/h8-9H,3-7H2,1-2H3. The molecule has 0 heterocycles. The van der Waals surface area contributed by atoms with Crippen LogP contribution in [0.3, 0.4) is 0 Å². The van der Waals surface area contributed by atoms with Gasteiger partial charge in [-0.25, -0.2) is 0 Å². The van der Waals surface area contributed by atoms with Crippen molar-refractivity contribution in [3.63, 3.8) is 0 Å². The van der Waals surface area contributed by atoms with Crippen LogP contribution in [0.4, 0.5) is 22.0 Å². The van der Waals surface area contributed by atoms with Crippen molar-refractivity contribution in [1.82, 2.24) is 0 Å². The van der Waals surface area contributed by atoms with Crippen molar-refractivity contribution in [3.8, 4) is 0 Å². The van der Waals surface area contributed by atoms with Gasteiger partial charge < -0.3 is 0 Å². The highest BCUT2D eigenvalue weighted by Gasteiger charge is 2.61. The Bertz CT molecular complexity index is 214. The van der Waals surface area contributed by atoms with Crippen LogP contribution in [0.2, 0.25) is 0 Å². The molecule has 0 saturated carbocycles. The van der Waals surface area contributed by atoms with E-state index in [2.05, 4.69) is 0 Å². The van der Waals surface area contributed by atoms with Crippen LogP contribution >= 0.6 is 22.6 Å². The maximum atomic E-state index is 13.0. The van der Waals surface area contributed by atoms with Crippen LogP contribution < -0.4 is 0 Å². The lowest BCUT2D eigenvalue weighted by atomic mass is 9.95. The molecule has 0 N–H and O–H groups in total. The monoisotopic (exact) mass is 372 g/mol. The van der Waals surface area contributed by atoms with E-state index in [1.807, 2.05) is 6.92 Å². The maximum absolute atomic E-state index is 13.0. The normalized spacial score (nSPS) is 16.9. The van der Waals surface area contributed by atoms with E-state index in [1.165, 1.54) is 0 Å². The van der Waals surface area contributed by atoms with Gasteiger partial charge in [-0.2, -0.15) is 22.0 Å². The van der Waals surface area contributed by atoms with Crippen LogP contribution in [0.15, 0.2) is 0 Å². The van der Waals surface area contributed by atoms with Crippen molar-refractivity contribution in [3.05, 3.63) is 0 Å². The maximum Gasteiger partial charge on any atom is 0.453 e. The van der Waals surface area contributed by atoms with Gasteiger partial charge in [0.05, 0.1) is 0 Å². The molecule has 0 spiro atoms. The molecule has 0 aliphatic rings. The third-order valence-corrected chi connectivity index (χ3v) is 4.53. The molecule has 0 bridgehead atoms. The van der Waals surface area contributed by atoms with E-state index >= 15 is 0 Å². The second-order valence-corrected chi connectivity index (χ2v) is 5.87. The van der Waals surface area contributed by atoms with Gasteiger partial charge in [0.1, 0.15) is 0 Å². The van der Waals surface area contributed by atoms with Crippen LogP contribution in [0.25, 0.3) is 0 Å². The average Bonchev–Trinajstić information content (AvgIpc) is 2.21. The number of alkyl halides is 6. The third kappa shape index (κ3) is 5.26. The Kier molecular flexibility index (Phi) is 7.25. The zero-order valence-corrected chi connectivity index (χ0v) is 12.1. The van der Waals surface area contributed by atoms with Gasteiger partial charge in [-0.3, -0.25) is 0 Å². The third-order valence-electron chi connectivity index (χ3n) is 2.83. The quantitative estimate of drug-likeness (QED) is 0.236. The molecule has 2 atom stereocenters. The lowest BCUT2D eigenvalue weighted by Crippen LogP contribution is -2.45. The van der Waals surface area contributed by atoms with Gasteiger partial charge in [0.2, 0.25) is 0 Å². The van der Waals surface area contributed by atoms with Crippen molar-refractivity contribution in [1.29, 1.82) is 0 Å². The van der Waals surface area contributed by atoms with E-state index in [-0.39, 0.29) is 0 Å². The Morgan fingerprint density at radius 1 is 1.00 bits per heavy atom. The fourth-order valence-corrected chi connectivity index (χ4v) is 2.39. The Labute approximate surface area is 112 Å². The minimum atomic E-state index is -5.45. The Morgan fingerprint density at radius 2 is 1.53 bits per heavy atom. The van der Waals surface area contributed by atoms with Crippen molar-refractivity contribution in [2.24, 2.45) is 5.92 Å². The summed E-state index contributed by atoms with van der Waals surface area (Å²) in [6.07, 6.45) is -1.43. The zero-order valence-electron chi connectivity index (χ0n) is 9.96. The Morgan fingerprint density at radius 3 is 1.94 bits per heavy atom. The van der Waals surface area contributed by atoms with Crippen molar-refractivity contribution in [2.45, 2.75) is 62.0 Å². The Balaban J connectivity index is 4.25. The van der Waals surface area contributed by atoms with Crippen LogP contribution in [0.5, 0.6) is 0 Å². The first-order valence-corrected chi connectivity index (χ1v) is 6.97. The van der Waals surface area contributed by atoms with Crippen LogP contribution in [-0.4, -0.2) is 16.0 Å². The summed E-state index contributed by atoms with van der Waals surface area (Å²) in [5.74, 6) is -6.27. The van der Waals surface area contributed by atoms with Crippen molar-refractivity contribution >= 4 is 22.6 Å². The van der Waals surface area contributed by atoms with E-state index in [0.29, 0.717) is 12.8 Å². The summed E-state index contributed by atoms with van der Waals surface area (Å²) < 4.78 is 61.8. The highest BCUT2D eigenvalue weighted by atomic mass is 127. The molecule has 0 rings (SSSR count). The summed E-state index contributed by atoms with van der Waals surface area (Å²) in [4.78, 5) is 0. The highest BCUT2D eigenvalue weighted by Crippen LogP contribution is 2.44. The lowest BCUT2D eigenvalue weighted by Gasteiger charge is -2.29. The predicted molar refractivity (Wildman–Crippen MR) is 66.7 cm³/mol. The lowest BCUT2D eigenvalue weighted by molar-refractivity contribution is -0.300. The fraction of sp³-hybridized carbons (Fsp3) is 1.00. The molecule has 0 aromatic rings. The molecule has 2 unspecified atom stereocenters. The van der Waals surface area contributed by atoms with Crippen LogP contribution in [0.1, 0.15) is 46.0 Å². The van der Waals surface area contributed by atoms with E-state index < -0.39 is 21.9 Å². The van der Waals surface area contributed by atoms with Crippen molar-refractivity contribution in [2.75, 3.05) is 0 Å². The summed E-state index contributed by atoms with van der Waals surface area (Å²) in [5, 5.41) is 0. The molecule has 0 radical (unpaired) electrons. The number of hydrogen-bond acceptors (Lipinski definition) is 0. The predicted octanol–water partition coefficient (Wildman–Crippen LogP) is 5.59. The minimum absolute atomic E-state index is 0.410. The van der Waals surface area contributed by atoms with Crippen LogP contribution in [-0.2, 0) is 0 Å². The summed E-state index contributed by atoms with van der Waals surface area (Å²) in [6, 6.07) is 0. The van der Waals surface area contributed by atoms with Gasteiger partial charge >= 0.3 is 12.1 Å². The molecule has 0 aromatic carbocycles. The molecule has 0 amide bonds. The molecular weight excluding hydrogens is 354 g/mol. The number of halogens is 6. The second-order valence-electron chi connectivity index (χ2n) is 4.27. The van der Waals surface area contributed by atoms with Gasteiger partial charge in [0.25, 0.3) is 0 Å². The summed E-state index contributed by atoms with van der Waals surface area (Å²) in [5.41, 5.74) is 0. The molecule has 104 valence electrons. The molecule has 0 fully saturated rings. The van der Waals surface area contributed by atoms with E-state index in [1.54, 1.807) is 22.6 Å². The number of hydrogen-bond donors (Lipinski definition) is 0. The molecule has 0 aliphatic heterocycles. The van der Waals surface area contributed by atoms with Crippen LogP contribution in [0, 0.1) is 5.92 Å². The largest absolute Gasteiger partial charge is 0.453 e. The van der Waals surface area contributed by atoms with E-state index in [4.69, 9.17) is 0 Å². The van der Waals surface area contributed by atoms with E-state index in [9.17, 15) is 22.0 Å². The second kappa shape index (κ2) is 7.09. The van der Waals surface area contributed by atoms with Gasteiger partial charge in [0, 0.05) is 9.84 Å². The van der Waals surface area contributed by atoms with Gasteiger partial charge in [0.15, 0.2) is 0 Å². The first-order valence-electron chi connectivity index (χ1n) is 5.73. The topological polar surface area (TPSA) is 0 Å². The van der Waals surface area contributed by atoms with Gasteiger partial charge in [-0.05, 0) is 6.42 Å². The highest BCUT2D eigenvalue weighted by molar-refractivity contribution is 14.1. The minimum Gasteiger partial charge on any atom is -0.196 e. The molecule has 0 nitrogen and oxygen atoms in total. The first-order chi connectivity index (χ1) is 7.64. The molecule has 0 aliphatic carbocycles. The molecular formula is C11H18F5I.